The van der Waals surface area contributed by atoms with Gasteiger partial charge in [-0.15, -0.1) is 10.2 Å². The lowest BCUT2D eigenvalue weighted by Gasteiger charge is -2.14. The van der Waals surface area contributed by atoms with Crippen molar-refractivity contribution >= 4 is 35.0 Å². The number of nitrogens with one attached hydrogen (secondary N) is 1. The van der Waals surface area contributed by atoms with Crippen molar-refractivity contribution < 1.29 is 18.0 Å². The molecule has 1 amide bonds. The molecule has 0 aliphatic heterocycles. The highest BCUT2D eigenvalue weighted by Crippen LogP contribution is 2.36. The third kappa shape index (κ3) is 4.81. The van der Waals surface area contributed by atoms with E-state index in [1.165, 1.54) is 12.4 Å². The Hall–Kier alpha value is -2.52. The minimum absolute atomic E-state index is 0.0642. The van der Waals surface area contributed by atoms with Crippen molar-refractivity contribution in [3.05, 3.63) is 65.4 Å². The van der Waals surface area contributed by atoms with E-state index in [0.717, 1.165) is 29.6 Å². The quantitative estimate of drug-likeness (QED) is 0.619. The molecule has 0 aliphatic carbocycles. The van der Waals surface area contributed by atoms with E-state index in [-0.39, 0.29) is 16.5 Å². The maximum absolute atomic E-state index is 13.1. The Bertz CT molecular complexity index is 947. The number of para-hydroxylation sites is 1. The molecule has 1 N–H and O–H groups in total. The van der Waals surface area contributed by atoms with Crippen molar-refractivity contribution in [1.82, 2.24) is 14.8 Å². The molecule has 0 fully saturated rings. The average molecular weight is 413 g/mol. The van der Waals surface area contributed by atoms with E-state index >= 15 is 0 Å². The molecular weight excluding hydrogens is 401 g/mol. The fraction of sp³-hybridized carbons (Fsp3) is 0.118. The van der Waals surface area contributed by atoms with Gasteiger partial charge in [0.2, 0.25) is 5.91 Å². The van der Waals surface area contributed by atoms with E-state index in [1.807, 2.05) is 30.3 Å². The first-order valence-corrected chi connectivity index (χ1v) is 8.96. The van der Waals surface area contributed by atoms with Gasteiger partial charge in [0.05, 0.1) is 17.0 Å². The number of hydrogen-bond acceptors (Lipinski definition) is 4. The van der Waals surface area contributed by atoms with Crippen LogP contribution in [-0.2, 0) is 11.0 Å². The van der Waals surface area contributed by atoms with Crippen molar-refractivity contribution in [1.29, 1.82) is 0 Å². The van der Waals surface area contributed by atoms with Gasteiger partial charge in [-0.25, -0.2) is 0 Å². The molecule has 0 spiro atoms. The van der Waals surface area contributed by atoms with Crippen LogP contribution in [0.5, 0.6) is 0 Å². The zero-order chi connectivity index (χ0) is 19.4. The van der Waals surface area contributed by atoms with Gasteiger partial charge < -0.3 is 5.32 Å². The minimum Gasteiger partial charge on any atom is -0.325 e. The summed E-state index contributed by atoms with van der Waals surface area (Å²) in [6.45, 7) is 0. The highest BCUT2D eigenvalue weighted by atomic mass is 35.5. The number of aromatic nitrogens is 3. The summed E-state index contributed by atoms with van der Waals surface area (Å²) in [7, 11) is 0. The molecule has 3 aromatic rings. The molecular formula is C17H12ClF3N4OS. The van der Waals surface area contributed by atoms with Gasteiger partial charge in [0.15, 0.2) is 5.16 Å². The molecule has 0 saturated carbocycles. The lowest BCUT2D eigenvalue weighted by molar-refractivity contribution is -0.137. The number of amides is 1. The highest BCUT2D eigenvalue weighted by Gasteiger charge is 2.34. The van der Waals surface area contributed by atoms with Gasteiger partial charge in [-0.1, -0.05) is 41.6 Å². The minimum atomic E-state index is -4.63. The highest BCUT2D eigenvalue weighted by molar-refractivity contribution is 7.99. The number of hydrogen-bond donors (Lipinski definition) is 1. The largest absolute Gasteiger partial charge is 0.418 e. The van der Waals surface area contributed by atoms with Gasteiger partial charge in [-0.05, 0) is 30.3 Å². The van der Waals surface area contributed by atoms with Gasteiger partial charge in [-0.3, -0.25) is 9.36 Å². The number of anilines is 1. The number of halogens is 4. The maximum Gasteiger partial charge on any atom is 0.418 e. The van der Waals surface area contributed by atoms with Gasteiger partial charge in [0.1, 0.15) is 6.33 Å². The summed E-state index contributed by atoms with van der Waals surface area (Å²) in [5.74, 6) is -0.735. The van der Waals surface area contributed by atoms with Crippen molar-refractivity contribution in [3.63, 3.8) is 0 Å². The summed E-state index contributed by atoms with van der Waals surface area (Å²) in [5, 5.41) is 10.4. The lowest BCUT2D eigenvalue weighted by atomic mass is 10.1. The van der Waals surface area contributed by atoms with Gasteiger partial charge in [0.25, 0.3) is 0 Å². The second-order valence-electron chi connectivity index (χ2n) is 5.34. The molecule has 5 nitrogen and oxygen atoms in total. The summed E-state index contributed by atoms with van der Waals surface area (Å²) in [6.07, 6.45) is -3.13. The third-order valence-electron chi connectivity index (χ3n) is 3.44. The number of thioether (sulfide) groups is 1. The van der Waals surface area contributed by atoms with Crippen LogP contribution in [0, 0.1) is 0 Å². The summed E-state index contributed by atoms with van der Waals surface area (Å²) < 4.78 is 41.0. The number of alkyl halides is 3. The van der Waals surface area contributed by atoms with E-state index in [2.05, 4.69) is 15.5 Å². The Balaban J connectivity index is 1.70. The van der Waals surface area contributed by atoms with Crippen molar-refractivity contribution in [2.75, 3.05) is 11.1 Å². The van der Waals surface area contributed by atoms with E-state index in [0.29, 0.717) is 5.16 Å². The van der Waals surface area contributed by atoms with Crippen LogP contribution >= 0.6 is 23.4 Å². The first kappa shape index (κ1) is 19.2. The van der Waals surface area contributed by atoms with Crippen LogP contribution in [0.1, 0.15) is 5.56 Å². The Kier molecular flexibility index (Phi) is 5.71. The molecule has 3 rings (SSSR count). The van der Waals surface area contributed by atoms with Crippen molar-refractivity contribution in [2.45, 2.75) is 11.3 Å². The molecule has 140 valence electrons. The Morgan fingerprint density at radius 1 is 1.19 bits per heavy atom. The standard InChI is InChI=1S/C17H12ClF3N4OS/c18-11-6-7-14(13(8-11)17(19,20)21)23-15(26)9-27-16-24-22-10-25(16)12-4-2-1-3-5-12/h1-8,10H,9H2,(H,23,26). The molecule has 10 heteroatoms. The fourth-order valence-electron chi connectivity index (χ4n) is 2.26. The molecule has 0 unspecified atom stereocenters. The molecule has 2 aromatic carbocycles. The first-order valence-electron chi connectivity index (χ1n) is 7.59. The normalized spacial score (nSPS) is 11.4. The van der Waals surface area contributed by atoms with Crippen LogP contribution in [0.4, 0.5) is 18.9 Å². The molecule has 0 saturated heterocycles. The topological polar surface area (TPSA) is 59.8 Å². The van der Waals surface area contributed by atoms with Crippen LogP contribution in [-0.4, -0.2) is 26.4 Å². The van der Waals surface area contributed by atoms with E-state index in [1.54, 1.807) is 4.57 Å². The Labute approximate surface area is 161 Å². The number of benzene rings is 2. The molecule has 1 heterocycles. The third-order valence-corrected chi connectivity index (χ3v) is 4.62. The SMILES string of the molecule is O=C(CSc1nncn1-c1ccccc1)Nc1ccc(Cl)cc1C(F)(F)F. The number of carbonyl (C=O) groups excluding carboxylic acids is 1. The van der Waals surface area contributed by atoms with Crippen molar-refractivity contribution in [2.24, 2.45) is 0 Å². The number of carbonyl (C=O) groups is 1. The maximum atomic E-state index is 13.1. The molecule has 27 heavy (non-hydrogen) atoms. The molecule has 0 bridgehead atoms. The van der Waals surface area contributed by atoms with Gasteiger partial charge >= 0.3 is 6.18 Å². The van der Waals surface area contributed by atoms with Gasteiger partial charge in [-0.2, -0.15) is 13.2 Å². The zero-order valence-electron chi connectivity index (χ0n) is 13.6. The fourth-order valence-corrected chi connectivity index (χ4v) is 3.17. The lowest BCUT2D eigenvalue weighted by Crippen LogP contribution is -2.18. The second kappa shape index (κ2) is 8.01. The monoisotopic (exact) mass is 412 g/mol. The predicted molar refractivity (Wildman–Crippen MR) is 97.2 cm³/mol. The van der Waals surface area contributed by atoms with Crippen LogP contribution in [0.15, 0.2) is 60.0 Å². The van der Waals surface area contributed by atoms with E-state index < -0.39 is 17.6 Å². The average Bonchev–Trinajstić information content (AvgIpc) is 3.10. The molecule has 0 radical (unpaired) electrons. The second-order valence-corrected chi connectivity index (χ2v) is 6.72. The van der Waals surface area contributed by atoms with E-state index in [9.17, 15) is 18.0 Å². The zero-order valence-corrected chi connectivity index (χ0v) is 15.1. The van der Waals surface area contributed by atoms with Crippen LogP contribution in [0.2, 0.25) is 5.02 Å². The molecule has 1 aromatic heterocycles. The van der Waals surface area contributed by atoms with Gasteiger partial charge in [0, 0.05) is 10.7 Å². The van der Waals surface area contributed by atoms with Crippen LogP contribution < -0.4 is 5.32 Å². The smallest absolute Gasteiger partial charge is 0.325 e. The first-order chi connectivity index (χ1) is 12.8. The van der Waals surface area contributed by atoms with Crippen LogP contribution in [0.25, 0.3) is 5.69 Å². The summed E-state index contributed by atoms with van der Waals surface area (Å²) in [4.78, 5) is 12.1. The van der Waals surface area contributed by atoms with E-state index in [4.69, 9.17) is 11.6 Å². The predicted octanol–water partition coefficient (Wildman–Crippen LogP) is 4.67. The summed E-state index contributed by atoms with van der Waals surface area (Å²) in [6, 6.07) is 12.4. The summed E-state index contributed by atoms with van der Waals surface area (Å²) in [5.41, 5.74) is -0.537. The summed E-state index contributed by atoms with van der Waals surface area (Å²) >= 11 is 6.69. The van der Waals surface area contributed by atoms with Crippen molar-refractivity contribution in [3.8, 4) is 5.69 Å². The molecule has 0 aliphatic rings. The molecule has 0 atom stereocenters. The number of nitrogens with zero attached hydrogens (tertiary/aromatic N) is 3. The Morgan fingerprint density at radius 3 is 2.63 bits per heavy atom. The number of rotatable bonds is 5. The van der Waals surface area contributed by atoms with Crippen LogP contribution in [0.3, 0.4) is 0 Å². The Morgan fingerprint density at radius 2 is 1.93 bits per heavy atom.